The third-order valence-corrected chi connectivity index (χ3v) is 9.81. The third-order valence-electron chi connectivity index (χ3n) is 8.84. The third kappa shape index (κ3) is 6.69. The molecule has 1 saturated heterocycles. The second-order valence-electron chi connectivity index (χ2n) is 12.1. The van der Waals surface area contributed by atoms with Gasteiger partial charge in [0.1, 0.15) is 35.2 Å². The van der Waals surface area contributed by atoms with Gasteiger partial charge in [-0.2, -0.15) is 19.0 Å². The summed E-state index contributed by atoms with van der Waals surface area (Å²) in [5.41, 5.74) is 9.67. The first-order valence-corrected chi connectivity index (χ1v) is 17.1. The number of sulfonamides is 1. The Balaban J connectivity index is 1.37. The van der Waals surface area contributed by atoms with E-state index in [2.05, 4.69) is 10.1 Å². The van der Waals surface area contributed by atoms with Gasteiger partial charge in [0.05, 0.1) is 35.9 Å². The number of likely N-dealkylation sites (tertiary alicyclic amines) is 1. The van der Waals surface area contributed by atoms with Gasteiger partial charge in [-0.3, -0.25) is 23.8 Å². The molecule has 50 heavy (non-hydrogen) atoms. The molecule has 17 heteroatoms. The maximum absolute atomic E-state index is 13.6. The van der Waals surface area contributed by atoms with Crippen molar-refractivity contribution >= 4 is 38.4 Å². The summed E-state index contributed by atoms with van der Waals surface area (Å²) >= 11 is 0. The lowest BCUT2D eigenvalue weighted by molar-refractivity contribution is -0.148. The van der Waals surface area contributed by atoms with Crippen molar-refractivity contribution in [3.8, 4) is 28.1 Å². The van der Waals surface area contributed by atoms with Crippen LogP contribution in [0.2, 0.25) is 0 Å². The Morgan fingerprint density at radius 3 is 2.50 bits per heavy atom. The average molecular weight is 713 g/mol. The number of likely N-dealkylation sites (N-methyl/N-ethyl adjacent to an activating group) is 1. The van der Waals surface area contributed by atoms with Crippen LogP contribution in [-0.2, 0) is 26.6 Å². The molecular weight excluding hydrogens is 677 g/mol. The topological polar surface area (TPSA) is 159 Å². The van der Waals surface area contributed by atoms with Crippen LogP contribution in [-0.4, -0.2) is 76.3 Å². The van der Waals surface area contributed by atoms with E-state index < -0.39 is 27.7 Å². The SMILES string of the molecule is COC(=O)C1CCC(n2cc(-c3cnc(N)c4c(-c5ccc(NS(=O)(=O)C(F)F)c(OC(C)c6ccc(F)cc6)c5)nn(C)c34)cn2)CN1C. The van der Waals surface area contributed by atoms with Crippen LogP contribution in [0.4, 0.5) is 24.7 Å². The molecule has 3 N–H and O–H groups in total. The fourth-order valence-electron chi connectivity index (χ4n) is 6.24. The van der Waals surface area contributed by atoms with Gasteiger partial charge in [-0.15, -0.1) is 0 Å². The number of carbonyl (C=O) groups is 1. The Kier molecular flexibility index (Phi) is 9.46. The van der Waals surface area contributed by atoms with Gasteiger partial charge in [-0.05, 0) is 56.6 Å². The lowest BCUT2D eigenvalue weighted by Gasteiger charge is -2.35. The number of piperidine rings is 1. The van der Waals surface area contributed by atoms with Crippen molar-refractivity contribution < 1.29 is 35.9 Å². The number of benzene rings is 2. The van der Waals surface area contributed by atoms with Gasteiger partial charge in [0.2, 0.25) is 0 Å². The molecule has 1 aliphatic heterocycles. The van der Waals surface area contributed by atoms with E-state index in [1.165, 1.54) is 49.6 Å². The first-order chi connectivity index (χ1) is 23.8. The van der Waals surface area contributed by atoms with E-state index in [1.54, 1.807) is 31.0 Å². The van der Waals surface area contributed by atoms with Crippen LogP contribution < -0.4 is 15.2 Å². The number of aromatic nitrogens is 5. The number of halogens is 3. The number of nitrogens with one attached hydrogen (secondary N) is 1. The molecule has 3 aromatic heterocycles. The fraction of sp³-hybridized carbons (Fsp3) is 0.333. The van der Waals surface area contributed by atoms with Crippen molar-refractivity contribution in [2.24, 2.45) is 7.05 Å². The summed E-state index contributed by atoms with van der Waals surface area (Å²) in [6.07, 6.45) is 5.88. The quantitative estimate of drug-likeness (QED) is 0.186. The van der Waals surface area contributed by atoms with E-state index >= 15 is 0 Å². The number of carbonyl (C=O) groups excluding carboxylic acids is 1. The van der Waals surface area contributed by atoms with Gasteiger partial charge < -0.3 is 15.2 Å². The molecule has 0 radical (unpaired) electrons. The number of nitrogens with two attached hydrogens (primary N) is 1. The summed E-state index contributed by atoms with van der Waals surface area (Å²) in [5, 5.41) is 9.85. The smallest absolute Gasteiger partial charge is 0.355 e. The average Bonchev–Trinajstić information content (AvgIpc) is 3.71. The van der Waals surface area contributed by atoms with Gasteiger partial charge in [-0.1, -0.05) is 18.2 Å². The summed E-state index contributed by atoms with van der Waals surface area (Å²) in [4.78, 5) is 18.6. The zero-order valence-corrected chi connectivity index (χ0v) is 28.4. The minimum Gasteiger partial charge on any atom is -0.484 e. The second-order valence-corrected chi connectivity index (χ2v) is 13.8. The first kappa shape index (κ1) is 34.7. The van der Waals surface area contributed by atoms with E-state index in [0.29, 0.717) is 46.3 Å². The number of aryl methyl sites for hydroxylation is 1. The van der Waals surface area contributed by atoms with Crippen molar-refractivity contribution in [3.05, 3.63) is 72.4 Å². The summed E-state index contributed by atoms with van der Waals surface area (Å²) in [7, 11) is -0.0450. The molecule has 264 valence electrons. The molecule has 1 fully saturated rings. The molecule has 0 spiro atoms. The minimum absolute atomic E-state index is 0.0192. The van der Waals surface area contributed by atoms with Crippen molar-refractivity contribution in [3.63, 3.8) is 0 Å². The summed E-state index contributed by atoms with van der Waals surface area (Å²) in [6, 6.07) is 9.48. The van der Waals surface area contributed by atoms with Gasteiger partial charge in [0, 0.05) is 42.7 Å². The highest BCUT2D eigenvalue weighted by molar-refractivity contribution is 7.93. The van der Waals surface area contributed by atoms with Crippen LogP contribution in [0.1, 0.15) is 37.5 Å². The lowest BCUT2D eigenvalue weighted by Crippen LogP contribution is -2.46. The number of pyridine rings is 1. The summed E-state index contributed by atoms with van der Waals surface area (Å²) in [6.45, 7) is 2.25. The van der Waals surface area contributed by atoms with Crippen molar-refractivity contribution in [2.45, 2.75) is 43.7 Å². The van der Waals surface area contributed by atoms with E-state index in [1.807, 2.05) is 27.5 Å². The molecule has 3 atom stereocenters. The number of esters is 1. The molecule has 3 unspecified atom stereocenters. The molecule has 0 aliphatic carbocycles. The number of hydrogen-bond acceptors (Lipinski definition) is 10. The Hall–Kier alpha value is -5.16. The normalized spacial score (nSPS) is 17.6. The Morgan fingerprint density at radius 2 is 1.82 bits per heavy atom. The number of nitrogen functional groups attached to an aromatic ring is 1. The number of alkyl halides is 2. The fourth-order valence-corrected chi connectivity index (χ4v) is 6.80. The lowest BCUT2D eigenvalue weighted by atomic mass is 9.99. The maximum atomic E-state index is 13.6. The highest BCUT2D eigenvalue weighted by atomic mass is 32.2. The molecule has 0 bridgehead atoms. The van der Waals surface area contributed by atoms with Gasteiger partial charge >= 0.3 is 11.7 Å². The van der Waals surface area contributed by atoms with Crippen LogP contribution in [0, 0.1) is 5.82 Å². The number of anilines is 2. The summed E-state index contributed by atoms with van der Waals surface area (Å²) < 4.78 is 80.9. The van der Waals surface area contributed by atoms with E-state index in [9.17, 15) is 26.4 Å². The molecule has 6 rings (SSSR count). The zero-order valence-electron chi connectivity index (χ0n) is 27.5. The minimum atomic E-state index is -5.04. The molecule has 0 amide bonds. The zero-order chi connectivity index (χ0) is 35.9. The molecule has 13 nitrogen and oxygen atoms in total. The number of rotatable bonds is 10. The van der Waals surface area contributed by atoms with Gasteiger partial charge in [-0.25, -0.2) is 17.8 Å². The summed E-state index contributed by atoms with van der Waals surface area (Å²) in [5.74, 6) is -4.30. The number of ether oxygens (including phenoxy) is 2. The van der Waals surface area contributed by atoms with Crippen LogP contribution in [0.3, 0.4) is 0 Å². The second kappa shape index (κ2) is 13.6. The van der Waals surface area contributed by atoms with Crippen molar-refractivity contribution in [1.82, 2.24) is 29.4 Å². The van der Waals surface area contributed by atoms with E-state index in [0.717, 1.165) is 12.0 Å². The van der Waals surface area contributed by atoms with Gasteiger partial charge in [0.15, 0.2) is 0 Å². The largest absolute Gasteiger partial charge is 0.484 e. The first-order valence-electron chi connectivity index (χ1n) is 15.6. The molecule has 4 heterocycles. The van der Waals surface area contributed by atoms with Crippen LogP contribution in [0.5, 0.6) is 5.75 Å². The monoisotopic (exact) mass is 712 g/mol. The van der Waals surface area contributed by atoms with Crippen LogP contribution in [0.15, 0.2) is 61.1 Å². The molecule has 1 aliphatic rings. The molecular formula is C33H35F3N8O5S. The number of methoxy groups -OCH3 is 1. The van der Waals surface area contributed by atoms with Crippen LogP contribution in [0.25, 0.3) is 33.3 Å². The number of nitrogens with zero attached hydrogens (tertiary/aromatic N) is 6. The Bertz CT molecular complexity index is 2160. The van der Waals surface area contributed by atoms with Crippen molar-refractivity contribution in [1.29, 1.82) is 0 Å². The molecule has 0 saturated carbocycles. The van der Waals surface area contributed by atoms with Gasteiger partial charge in [0.25, 0.3) is 10.0 Å². The van der Waals surface area contributed by atoms with E-state index in [-0.39, 0.29) is 35.3 Å². The molecule has 5 aromatic rings. The predicted octanol–water partition coefficient (Wildman–Crippen LogP) is 5.13. The number of fused-ring (bicyclic) bond motifs is 1. The Morgan fingerprint density at radius 1 is 1.08 bits per heavy atom. The Labute approximate surface area is 285 Å². The predicted molar refractivity (Wildman–Crippen MR) is 180 cm³/mol. The number of hydrogen-bond donors (Lipinski definition) is 2. The maximum Gasteiger partial charge on any atom is 0.355 e. The highest BCUT2D eigenvalue weighted by Crippen LogP contribution is 2.40. The van der Waals surface area contributed by atoms with Crippen molar-refractivity contribution in [2.75, 3.05) is 31.2 Å². The molecule has 2 aromatic carbocycles. The standard InChI is InChI=1S/C33H35F3N8O5S/c1-18(19-5-8-22(34)9-6-19)49-27-13-20(7-11-25(27)41-50(46,47)33(35)36)29-28-30(43(3)40-29)24(15-38-31(28)37)21-14-39-44(16-21)23-10-12-26(32(45)48-4)42(2)17-23/h5-9,11,13-16,18,23,26,33,41H,10,12,17H2,1-4H3,(H2,37,38). The van der Waals surface area contributed by atoms with E-state index in [4.69, 9.17) is 20.3 Å². The van der Waals surface area contributed by atoms with Crippen LogP contribution >= 0.6 is 0 Å². The highest BCUT2D eigenvalue weighted by Gasteiger charge is 2.33.